The minimum absolute atomic E-state index is 0.102. The second-order valence-corrected chi connectivity index (χ2v) is 6.01. The van der Waals surface area contributed by atoms with Gasteiger partial charge in [-0.3, -0.25) is 0 Å². The molecule has 0 aliphatic heterocycles. The van der Waals surface area contributed by atoms with Gasteiger partial charge >= 0.3 is 0 Å². The third-order valence-corrected chi connectivity index (χ3v) is 4.49. The third-order valence-electron chi connectivity index (χ3n) is 4.49. The number of para-hydroxylation sites is 1. The first kappa shape index (κ1) is 14.2. The molecule has 0 saturated heterocycles. The molecule has 2 N–H and O–H groups in total. The summed E-state index contributed by atoms with van der Waals surface area (Å²) >= 11 is 0. The van der Waals surface area contributed by atoms with Gasteiger partial charge < -0.3 is 10.5 Å². The van der Waals surface area contributed by atoms with Crippen LogP contribution in [-0.2, 0) is 0 Å². The molecule has 2 nitrogen and oxygen atoms in total. The highest BCUT2D eigenvalue weighted by atomic mass is 16.5. The van der Waals surface area contributed by atoms with Gasteiger partial charge in [0.05, 0.1) is 0 Å². The van der Waals surface area contributed by atoms with Crippen molar-refractivity contribution in [2.75, 3.05) is 0 Å². The molecule has 21 heavy (non-hydrogen) atoms. The maximum absolute atomic E-state index is 6.29. The van der Waals surface area contributed by atoms with Gasteiger partial charge in [0.25, 0.3) is 0 Å². The van der Waals surface area contributed by atoms with E-state index in [0.717, 1.165) is 25.0 Å². The molecule has 0 radical (unpaired) electrons. The van der Waals surface area contributed by atoms with Crippen LogP contribution >= 0.6 is 0 Å². The number of benzene rings is 2. The van der Waals surface area contributed by atoms with Crippen LogP contribution in [0.5, 0.6) is 5.75 Å². The number of rotatable bonds is 3. The second kappa shape index (κ2) is 6.31. The van der Waals surface area contributed by atoms with Crippen LogP contribution in [0, 0.1) is 6.92 Å². The molecule has 0 aromatic heterocycles. The van der Waals surface area contributed by atoms with Gasteiger partial charge in [0.2, 0.25) is 0 Å². The standard InChI is InChI=1S/C19H23NO/c1-14-7-5-6-10-18(14)21-19-13-16(11-12-17(19)20)15-8-3-2-4-9-15/h2-10,16-17,19H,11-13,20H2,1H3. The van der Waals surface area contributed by atoms with Crippen molar-refractivity contribution in [1.82, 2.24) is 0 Å². The van der Waals surface area contributed by atoms with Crippen molar-refractivity contribution in [3.8, 4) is 5.75 Å². The first-order chi connectivity index (χ1) is 10.2. The fourth-order valence-corrected chi connectivity index (χ4v) is 3.17. The highest BCUT2D eigenvalue weighted by molar-refractivity contribution is 5.32. The topological polar surface area (TPSA) is 35.2 Å². The molecule has 110 valence electrons. The molecule has 0 bridgehead atoms. The third kappa shape index (κ3) is 3.27. The quantitative estimate of drug-likeness (QED) is 0.921. The van der Waals surface area contributed by atoms with Crippen molar-refractivity contribution in [3.05, 3.63) is 65.7 Å². The van der Waals surface area contributed by atoms with Crippen molar-refractivity contribution in [1.29, 1.82) is 0 Å². The van der Waals surface area contributed by atoms with E-state index in [1.807, 2.05) is 18.2 Å². The molecule has 1 aliphatic rings. The lowest BCUT2D eigenvalue weighted by atomic mass is 9.80. The van der Waals surface area contributed by atoms with Crippen molar-refractivity contribution in [3.63, 3.8) is 0 Å². The minimum Gasteiger partial charge on any atom is -0.489 e. The maximum atomic E-state index is 6.29. The normalized spacial score (nSPS) is 25.5. The summed E-state index contributed by atoms with van der Waals surface area (Å²) in [4.78, 5) is 0. The summed E-state index contributed by atoms with van der Waals surface area (Å²) in [5.41, 5.74) is 8.87. The number of nitrogens with two attached hydrogens (primary N) is 1. The van der Waals surface area contributed by atoms with E-state index < -0.39 is 0 Å². The van der Waals surface area contributed by atoms with Gasteiger partial charge in [-0.1, -0.05) is 48.5 Å². The Morgan fingerprint density at radius 3 is 2.43 bits per heavy atom. The molecule has 3 rings (SSSR count). The average Bonchev–Trinajstić information content (AvgIpc) is 2.52. The van der Waals surface area contributed by atoms with Gasteiger partial charge in [0.1, 0.15) is 11.9 Å². The molecule has 0 spiro atoms. The second-order valence-electron chi connectivity index (χ2n) is 6.01. The van der Waals surface area contributed by atoms with E-state index in [1.165, 1.54) is 11.1 Å². The van der Waals surface area contributed by atoms with E-state index >= 15 is 0 Å². The van der Waals surface area contributed by atoms with Crippen molar-refractivity contribution in [2.24, 2.45) is 5.73 Å². The number of hydrogen-bond donors (Lipinski definition) is 1. The highest BCUT2D eigenvalue weighted by Crippen LogP contribution is 2.34. The van der Waals surface area contributed by atoms with E-state index in [-0.39, 0.29) is 12.1 Å². The highest BCUT2D eigenvalue weighted by Gasteiger charge is 2.30. The van der Waals surface area contributed by atoms with Gasteiger partial charge in [-0.2, -0.15) is 0 Å². The number of ether oxygens (including phenoxy) is 1. The van der Waals surface area contributed by atoms with Crippen LogP contribution < -0.4 is 10.5 Å². The fraction of sp³-hybridized carbons (Fsp3) is 0.368. The Hall–Kier alpha value is -1.80. The van der Waals surface area contributed by atoms with Crippen LogP contribution in [0.4, 0.5) is 0 Å². The molecule has 1 fully saturated rings. The molecule has 0 amide bonds. The first-order valence-electron chi connectivity index (χ1n) is 7.77. The molecule has 2 aromatic carbocycles. The lowest BCUT2D eigenvalue weighted by molar-refractivity contribution is 0.120. The summed E-state index contributed by atoms with van der Waals surface area (Å²) in [7, 11) is 0. The largest absolute Gasteiger partial charge is 0.489 e. The monoisotopic (exact) mass is 281 g/mol. The Labute approximate surface area is 126 Å². The van der Waals surface area contributed by atoms with E-state index in [0.29, 0.717) is 5.92 Å². The molecule has 3 atom stereocenters. The zero-order valence-corrected chi connectivity index (χ0v) is 12.5. The summed E-state index contributed by atoms with van der Waals surface area (Å²) in [6, 6.07) is 19.0. The zero-order valence-electron chi connectivity index (χ0n) is 12.5. The van der Waals surface area contributed by atoms with Crippen molar-refractivity contribution in [2.45, 2.75) is 44.2 Å². The summed E-state index contributed by atoms with van der Waals surface area (Å²) in [5, 5.41) is 0. The molecule has 2 aromatic rings. The summed E-state index contributed by atoms with van der Waals surface area (Å²) < 4.78 is 6.23. The van der Waals surface area contributed by atoms with Crippen LogP contribution in [0.1, 0.15) is 36.3 Å². The Bertz CT molecular complexity index is 581. The molecular formula is C19H23NO. The first-order valence-corrected chi connectivity index (χ1v) is 7.77. The van der Waals surface area contributed by atoms with Crippen LogP contribution in [-0.4, -0.2) is 12.1 Å². The van der Waals surface area contributed by atoms with E-state index in [4.69, 9.17) is 10.5 Å². The summed E-state index contributed by atoms with van der Waals surface area (Å²) in [6.45, 7) is 2.08. The smallest absolute Gasteiger partial charge is 0.122 e. The maximum Gasteiger partial charge on any atom is 0.122 e. The van der Waals surface area contributed by atoms with Crippen molar-refractivity contribution >= 4 is 0 Å². The van der Waals surface area contributed by atoms with Gasteiger partial charge in [-0.25, -0.2) is 0 Å². The van der Waals surface area contributed by atoms with Gasteiger partial charge in [-0.15, -0.1) is 0 Å². The van der Waals surface area contributed by atoms with Crippen LogP contribution in [0.15, 0.2) is 54.6 Å². The van der Waals surface area contributed by atoms with Crippen LogP contribution in [0.2, 0.25) is 0 Å². The SMILES string of the molecule is Cc1ccccc1OC1CC(c2ccccc2)CCC1N. The predicted molar refractivity (Wildman–Crippen MR) is 86.6 cm³/mol. The molecule has 1 saturated carbocycles. The van der Waals surface area contributed by atoms with Crippen LogP contribution in [0.25, 0.3) is 0 Å². The Balaban J connectivity index is 1.74. The zero-order chi connectivity index (χ0) is 14.7. The van der Waals surface area contributed by atoms with Gasteiger partial charge in [0, 0.05) is 6.04 Å². The Morgan fingerprint density at radius 1 is 0.952 bits per heavy atom. The van der Waals surface area contributed by atoms with E-state index in [1.54, 1.807) is 0 Å². The molecule has 3 unspecified atom stereocenters. The lowest BCUT2D eigenvalue weighted by Crippen LogP contribution is -2.43. The number of aryl methyl sites for hydroxylation is 1. The lowest BCUT2D eigenvalue weighted by Gasteiger charge is -2.34. The van der Waals surface area contributed by atoms with E-state index in [9.17, 15) is 0 Å². The fourth-order valence-electron chi connectivity index (χ4n) is 3.17. The number of hydrogen-bond acceptors (Lipinski definition) is 2. The predicted octanol–water partition coefficient (Wildman–Crippen LogP) is 4.04. The molecule has 1 aliphatic carbocycles. The van der Waals surface area contributed by atoms with Crippen LogP contribution in [0.3, 0.4) is 0 Å². The molecular weight excluding hydrogens is 258 g/mol. The minimum atomic E-state index is 0.102. The average molecular weight is 281 g/mol. The van der Waals surface area contributed by atoms with Crippen molar-refractivity contribution < 1.29 is 4.74 Å². The molecule has 2 heteroatoms. The van der Waals surface area contributed by atoms with E-state index in [2.05, 4.69) is 43.3 Å². The summed E-state index contributed by atoms with van der Waals surface area (Å²) in [5.74, 6) is 1.52. The molecule has 0 heterocycles. The van der Waals surface area contributed by atoms with Gasteiger partial charge in [-0.05, 0) is 49.3 Å². The Morgan fingerprint density at radius 2 is 1.67 bits per heavy atom. The Kier molecular flexibility index (Phi) is 4.26. The van der Waals surface area contributed by atoms with Gasteiger partial charge in [0.15, 0.2) is 0 Å². The summed E-state index contributed by atoms with van der Waals surface area (Å²) in [6.07, 6.45) is 3.28.